The van der Waals surface area contributed by atoms with Crippen LogP contribution in [0.3, 0.4) is 0 Å². The first-order valence-corrected chi connectivity index (χ1v) is 12.9. The predicted octanol–water partition coefficient (Wildman–Crippen LogP) is 8.94. The molecule has 3 heterocycles. The lowest BCUT2D eigenvalue weighted by molar-refractivity contribution is 1.09. The van der Waals surface area contributed by atoms with Crippen molar-refractivity contribution in [3.8, 4) is 22.6 Å². The molecular weight excluding hydrogens is 462 g/mol. The molecule has 5 aromatic carbocycles. The first kappa shape index (κ1) is 21.0. The van der Waals surface area contributed by atoms with Gasteiger partial charge in [-0.1, -0.05) is 91.0 Å². The molecule has 0 bridgehead atoms. The number of para-hydroxylation sites is 1. The maximum Gasteiger partial charge on any atom is 0.138 e. The van der Waals surface area contributed by atoms with Crippen molar-refractivity contribution in [1.82, 2.24) is 14.1 Å². The van der Waals surface area contributed by atoms with E-state index in [4.69, 9.17) is 4.98 Å². The molecule has 0 aliphatic rings. The summed E-state index contributed by atoms with van der Waals surface area (Å²) >= 11 is 0. The minimum absolute atomic E-state index is 0.919. The van der Waals surface area contributed by atoms with Gasteiger partial charge in [0.05, 0.1) is 16.6 Å². The topological polar surface area (TPSA) is 22.8 Å². The zero-order valence-corrected chi connectivity index (χ0v) is 20.6. The third-order valence-electron chi connectivity index (χ3n) is 7.60. The van der Waals surface area contributed by atoms with Crippen LogP contribution in [0.5, 0.6) is 0 Å². The van der Waals surface area contributed by atoms with Crippen molar-refractivity contribution in [2.24, 2.45) is 0 Å². The van der Waals surface area contributed by atoms with Gasteiger partial charge in [0.1, 0.15) is 5.82 Å². The van der Waals surface area contributed by atoms with Gasteiger partial charge >= 0.3 is 0 Å². The molecule has 0 spiro atoms. The number of aromatic nitrogens is 3. The van der Waals surface area contributed by atoms with E-state index in [1.54, 1.807) is 0 Å². The lowest BCUT2D eigenvalue weighted by Gasteiger charge is -2.12. The van der Waals surface area contributed by atoms with Gasteiger partial charge in [0.2, 0.25) is 0 Å². The zero-order chi connectivity index (χ0) is 25.1. The zero-order valence-electron chi connectivity index (χ0n) is 20.6. The standard InChI is InChI=1S/C35H23N3/c1-3-9-24(10-4-1)26-19-21-36-33(23-26)38-34-28-14-8-7-11-25(28)15-16-29(34)30-17-18-32-31(35(30)38)20-22-37(32)27-12-5-2-6-13-27/h1-23H. The molecule has 0 unspecified atom stereocenters. The Labute approximate surface area is 219 Å². The van der Waals surface area contributed by atoms with E-state index in [0.29, 0.717) is 0 Å². The highest BCUT2D eigenvalue weighted by Gasteiger charge is 2.19. The summed E-state index contributed by atoms with van der Waals surface area (Å²) in [5.41, 5.74) is 7.04. The fraction of sp³-hybridized carbons (Fsp3) is 0. The summed E-state index contributed by atoms with van der Waals surface area (Å²) in [6.07, 6.45) is 4.10. The molecule has 0 amide bonds. The highest BCUT2D eigenvalue weighted by atomic mass is 15.1. The van der Waals surface area contributed by atoms with Crippen molar-refractivity contribution in [2.75, 3.05) is 0 Å². The van der Waals surface area contributed by atoms with Crippen molar-refractivity contribution in [3.05, 3.63) is 140 Å². The van der Waals surface area contributed by atoms with Crippen molar-refractivity contribution in [3.63, 3.8) is 0 Å². The number of rotatable bonds is 3. The van der Waals surface area contributed by atoms with Crippen molar-refractivity contribution in [2.45, 2.75) is 0 Å². The minimum Gasteiger partial charge on any atom is -0.316 e. The lowest BCUT2D eigenvalue weighted by atomic mass is 10.1. The lowest BCUT2D eigenvalue weighted by Crippen LogP contribution is -1.99. The second-order valence-corrected chi connectivity index (χ2v) is 9.70. The quantitative estimate of drug-likeness (QED) is 0.245. The Hall–Kier alpha value is -5.15. The van der Waals surface area contributed by atoms with Gasteiger partial charge in [-0.25, -0.2) is 4.98 Å². The summed E-state index contributed by atoms with van der Waals surface area (Å²) in [5.74, 6) is 0.919. The minimum atomic E-state index is 0.919. The van der Waals surface area contributed by atoms with Crippen molar-refractivity contribution < 1.29 is 0 Å². The van der Waals surface area contributed by atoms with E-state index in [2.05, 4.69) is 143 Å². The molecule has 0 saturated heterocycles. The molecular formula is C35H23N3. The predicted molar refractivity (Wildman–Crippen MR) is 158 cm³/mol. The molecule has 0 radical (unpaired) electrons. The van der Waals surface area contributed by atoms with Crippen LogP contribution in [0.1, 0.15) is 0 Å². The second kappa shape index (κ2) is 8.19. The Balaban J connectivity index is 1.52. The van der Waals surface area contributed by atoms with Crippen LogP contribution in [-0.4, -0.2) is 14.1 Å². The fourth-order valence-corrected chi connectivity index (χ4v) is 5.88. The number of fused-ring (bicyclic) bond motifs is 7. The molecule has 0 aliphatic carbocycles. The Bertz CT molecular complexity index is 2120. The van der Waals surface area contributed by atoms with Crippen LogP contribution >= 0.6 is 0 Å². The smallest absolute Gasteiger partial charge is 0.138 e. The number of pyridine rings is 1. The van der Waals surface area contributed by atoms with Crippen LogP contribution in [0.15, 0.2) is 140 Å². The number of hydrogen-bond acceptors (Lipinski definition) is 1. The average Bonchev–Trinajstić information content (AvgIpc) is 3.58. The maximum absolute atomic E-state index is 4.94. The monoisotopic (exact) mass is 485 g/mol. The van der Waals surface area contributed by atoms with Crippen LogP contribution in [0.4, 0.5) is 0 Å². The van der Waals surface area contributed by atoms with Gasteiger partial charge in [0, 0.05) is 39.6 Å². The Kier molecular flexibility index (Phi) is 4.52. The van der Waals surface area contributed by atoms with E-state index in [0.717, 1.165) is 17.1 Å². The van der Waals surface area contributed by atoms with Crippen molar-refractivity contribution >= 4 is 43.5 Å². The third kappa shape index (κ3) is 3.06. The molecule has 0 aliphatic heterocycles. The largest absolute Gasteiger partial charge is 0.316 e. The number of nitrogens with zero attached hydrogens (tertiary/aromatic N) is 3. The second-order valence-electron chi connectivity index (χ2n) is 9.70. The van der Waals surface area contributed by atoms with Gasteiger partial charge in [-0.3, -0.25) is 4.57 Å². The van der Waals surface area contributed by atoms with E-state index in [-0.39, 0.29) is 0 Å². The number of hydrogen-bond donors (Lipinski definition) is 0. The molecule has 178 valence electrons. The fourth-order valence-electron chi connectivity index (χ4n) is 5.88. The molecule has 3 nitrogen and oxygen atoms in total. The molecule has 8 aromatic rings. The molecule has 0 fully saturated rings. The van der Waals surface area contributed by atoms with Crippen molar-refractivity contribution in [1.29, 1.82) is 0 Å². The van der Waals surface area contributed by atoms with Gasteiger partial charge in [-0.2, -0.15) is 0 Å². The highest BCUT2D eigenvalue weighted by molar-refractivity contribution is 6.23. The molecule has 8 rings (SSSR count). The van der Waals surface area contributed by atoms with Gasteiger partial charge in [-0.05, 0) is 52.9 Å². The summed E-state index contributed by atoms with van der Waals surface area (Å²) in [4.78, 5) is 4.94. The summed E-state index contributed by atoms with van der Waals surface area (Å²) in [6, 6.07) is 45.2. The van der Waals surface area contributed by atoms with Gasteiger partial charge < -0.3 is 4.57 Å². The molecule has 3 aromatic heterocycles. The third-order valence-corrected chi connectivity index (χ3v) is 7.60. The molecule has 38 heavy (non-hydrogen) atoms. The Morgan fingerprint density at radius 2 is 1.21 bits per heavy atom. The van der Waals surface area contributed by atoms with Crippen LogP contribution in [-0.2, 0) is 0 Å². The molecule has 3 heteroatoms. The molecule has 0 N–H and O–H groups in total. The summed E-state index contributed by atoms with van der Waals surface area (Å²) < 4.78 is 4.64. The van der Waals surface area contributed by atoms with Gasteiger partial charge in [0.25, 0.3) is 0 Å². The normalized spacial score (nSPS) is 11.7. The van der Waals surface area contributed by atoms with Gasteiger partial charge in [0.15, 0.2) is 0 Å². The Morgan fingerprint density at radius 3 is 2.05 bits per heavy atom. The summed E-state index contributed by atoms with van der Waals surface area (Å²) in [5, 5.41) is 6.12. The van der Waals surface area contributed by atoms with Crippen LogP contribution in [0.2, 0.25) is 0 Å². The van der Waals surface area contributed by atoms with Gasteiger partial charge in [-0.15, -0.1) is 0 Å². The maximum atomic E-state index is 4.94. The van der Waals surface area contributed by atoms with Crippen LogP contribution in [0, 0.1) is 0 Å². The average molecular weight is 486 g/mol. The first-order chi connectivity index (χ1) is 18.9. The SMILES string of the molecule is c1ccc(-c2ccnc(-n3c4c5ccccc5ccc4c4ccc5c(ccn5-c5ccccc5)c43)c2)cc1. The van der Waals surface area contributed by atoms with E-state index in [1.807, 2.05) is 6.20 Å². The Morgan fingerprint density at radius 1 is 0.500 bits per heavy atom. The van der Waals surface area contributed by atoms with Crippen LogP contribution in [0.25, 0.3) is 66.1 Å². The van der Waals surface area contributed by atoms with Crippen LogP contribution < -0.4 is 0 Å². The molecule has 0 saturated carbocycles. The molecule has 0 atom stereocenters. The number of benzene rings is 5. The summed E-state index contributed by atoms with van der Waals surface area (Å²) in [6.45, 7) is 0. The van der Waals surface area contributed by atoms with E-state index >= 15 is 0 Å². The van der Waals surface area contributed by atoms with E-state index in [1.165, 1.54) is 49.0 Å². The van der Waals surface area contributed by atoms with E-state index < -0.39 is 0 Å². The summed E-state index contributed by atoms with van der Waals surface area (Å²) in [7, 11) is 0. The highest BCUT2D eigenvalue weighted by Crippen LogP contribution is 2.40. The first-order valence-electron chi connectivity index (χ1n) is 12.9. The van der Waals surface area contributed by atoms with E-state index in [9.17, 15) is 0 Å².